The summed E-state index contributed by atoms with van der Waals surface area (Å²) in [6.07, 6.45) is 26.1. The van der Waals surface area contributed by atoms with Gasteiger partial charge in [-0.15, -0.1) is 0 Å². The number of hydrogen-bond donors (Lipinski definition) is 2. The summed E-state index contributed by atoms with van der Waals surface area (Å²) in [5.41, 5.74) is 18.7. The van der Waals surface area contributed by atoms with Gasteiger partial charge in [-0.2, -0.15) is 10.2 Å². The van der Waals surface area contributed by atoms with Crippen molar-refractivity contribution >= 4 is 57.7 Å². The molecule has 2 aliphatic heterocycles. The number of nitrogens with zero attached hydrogens (tertiary/aromatic N) is 4. The van der Waals surface area contributed by atoms with Crippen LogP contribution in [0.15, 0.2) is 174 Å². The average molecular weight is 915 g/mol. The molecule has 0 fully saturated rings. The molecule has 5 heterocycles. The third-order valence-electron chi connectivity index (χ3n) is 13.6. The third-order valence-corrected chi connectivity index (χ3v) is 13.6. The van der Waals surface area contributed by atoms with Gasteiger partial charge in [-0.3, -0.25) is 0 Å². The summed E-state index contributed by atoms with van der Waals surface area (Å²) in [6.45, 7) is 2.29. The van der Waals surface area contributed by atoms with Gasteiger partial charge in [0.1, 0.15) is 0 Å². The standard InChI is InChI=1S/C64H62N6/c1-2-3-4-5-6-7-8-9-10-11-12-16-23-46-30-34-51(35-31-46)69-70-52-36-32-50(33-37-52)64-59-44-42-57(67-59)62(48-26-19-14-20-27-48)55-40-38-53(65-55)61(47-24-17-13-18-25-47)54-39-41-56(66-54)63(49-28-21-15-22-29-49)58-43-45-60(64)68-58/h13-15,17-22,24-45,65,68H,2-12,16,23H2,1H3. The van der Waals surface area contributed by atoms with Gasteiger partial charge in [-0.1, -0.05) is 193 Å². The first-order valence-electron chi connectivity index (χ1n) is 25.6. The van der Waals surface area contributed by atoms with E-state index in [-0.39, 0.29) is 0 Å². The molecule has 8 bridgehead atoms. The minimum atomic E-state index is 0.785. The van der Waals surface area contributed by atoms with Gasteiger partial charge in [0.2, 0.25) is 0 Å². The number of rotatable bonds is 19. The maximum atomic E-state index is 5.46. The fraction of sp³-hybridized carbons (Fsp3) is 0.219. The second kappa shape index (κ2) is 22.6. The van der Waals surface area contributed by atoms with Crippen LogP contribution in [0, 0.1) is 0 Å². The van der Waals surface area contributed by atoms with Crippen molar-refractivity contribution in [1.29, 1.82) is 0 Å². The zero-order valence-electron chi connectivity index (χ0n) is 40.4. The first-order chi connectivity index (χ1) is 34.7. The van der Waals surface area contributed by atoms with Gasteiger partial charge in [0, 0.05) is 44.3 Å². The quantitative estimate of drug-likeness (QED) is 0.0626. The van der Waals surface area contributed by atoms with Crippen molar-refractivity contribution in [3.05, 3.63) is 192 Å². The molecule has 6 nitrogen and oxygen atoms in total. The lowest BCUT2D eigenvalue weighted by Gasteiger charge is -2.07. The van der Waals surface area contributed by atoms with Crippen LogP contribution in [0.1, 0.15) is 112 Å². The number of aromatic amines is 2. The summed E-state index contributed by atoms with van der Waals surface area (Å²) in [6, 6.07) is 57.2. The van der Waals surface area contributed by atoms with Crippen LogP contribution in [-0.2, 0) is 6.42 Å². The molecular formula is C64H62N6. The molecule has 348 valence electrons. The van der Waals surface area contributed by atoms with Crippen LogP contribution in [-0.4, -0.2) is 19.9 Å². The monoisotopic (exact) mass is 915 g/mol. The molecule has 5 aromatic carbocycles. The summed E-state index contributed by atoms with van der Waals surface area (Å²) in [4.78, 5) is 18.6. The van der Waals surface area contributed by atoms with Crippen LogP contribution >= 0.6 is 0 Å². The van der Waals surface area contributed by atoms with E-state index in [1.807, 2.05) is 12.1 Å². The fourth-order valence-corrected chi connectivity index (χ4v) is 9.94. The topological polar surface area (TPSA) is 82.1 Å². The number of hydrogen-bond acceptors (Lipinski definition) is 4. The molecule has 70 heavy (non-hydrogen) atoms. The predicted molar refractivity (Wildman–Crippen MR) is 296 cm³/mol. The third kappa shape index (κ3) is 10.9. The Kier molecular flexibility index (Phi) is 14.9. The van der Waals surface area contributed by atoms with Crippen molar-refractivity contribution in [2.45, 2.75) is 90.4 Å². The number of aromatic nitrogens is 4. The summed E-state index contributed by atoms with van der Waals surface area (Å²) in [5.74, 6) is 0. The molecule has 2 N–H and O–H groups in total. The van der Waals surface area contributed by atoms with Crippen LogP contribution < -0.4 is 0 Å². The Bertz CT molecular complexity index is 3230. The Hall–Kier alpha value is -7.70. The van der Waals surface area contributed by atoms with Gasteiger partial charge < -0.3 is 9.97 Å². The molecule has 2 aliphatic rings. The second-order valence-corrected chi connectivity index (χ2v) is 18.7. The van der Waals surface area contributed by atoms with Crippen molar-refractivity contribution in [3.63, 3.8) is 0 Å². The number of unbranched alkanes of at least 4 members (excludes halogenated alkanes) is 11. The normalized spacial score (nSPS) is 12.1. The Balaban J connectivity index is 0.972. The van der Waals surface area contributed by atoms with Crippen molar-refractivity contribution in [2.75, 3.05) is 0 Å². The molecule has 10 rings (SSSR count). The lowest BCUT2D eigenvalue weighted by molar-refractivity contribution is 0.544. The Morgan fingerprint density at radius 3 is 1.00 bits per heavy atom. The summed E-state index contributed by atoms with van der Waals surface area (Å²) < 4.78 is 0. The number of benzene rings is 5. The molecule has 8 aromatic rings. The van der Waals surface area contributed by atoms with E-state index < -0.39 is 0 Å². The zero-order valence-corrected chi connectivity index (χ0v) is 40.4. The number of H-pyrrole nitrogens is 2. The fourth-order valence-electron chi connectivity index (χ4n) is 9.94. The maximum Gasteiger partial charge on any atom is 0.0857 e. The van der Waals surface area contributed by atoms with Crippen molar-refractivity contribution in [3.8, 4) is 44.5 Å². The molecule has 0 amide bonds. The average Bonchev–Trinajstić information content (AvgIpc) is 4.27. The van der Waals surface area contributed by atoms with E-state index in [4.69, 9.17) is 9.97 Å². The molecule has 0 atom stereocenters. The van der Waals surface area contributed by atoms with Crippen LogP contribution in [0.4, 0.5) is 11.4 Å². The largest absolute Gasteiger partial charge is 0.354 e. The Labute approximate surface area is 413 Å². The maximum absolute atomic E-state index is 5.46. The lowest BCUT2D eigenvalue weighted by Crippen LogP contribution is -1.89. The van der Waals surface area contributed by atoms with E-state index in [0.717, 1.165) is 107 Å². The van der Waals surface area contributed by atoms with Crippen LogP contribution in [0.25, 0.3) is 90.9 Å². The van der Waals surface area contributed by atoms with Crippen molar-refractivity contribution in [2.24, 2.45) is 10.2 Å². The summed E-state index contributed by atoms with van der Waals surface area (Å²) in [5, 5.41) is 9.32. The van der Waals surface area contributed by atoms with Gasteiger partial charge in [0.25, 0.3) is 0 Å². The van der Waals surface area contributed by atoms with Gasteiger partial charge in [-0.25, -0.2) is 9.97 Å². The van der Waals surface area contributed by atoms with Gasteiger partial charge in [0.05, 0.1) is 34.2 Å². The first kappa shape index (κ1) is 46.1. The minimum absolute atomic E-state index is 0.785. The molecule has 0 saturated heterocycles. The van der Waals surface area contributed by atoms with Crippen LogP contribution in [0.2, 0.25) is 0 Å². The highest BCUT2D eigenvalue weighted by Gasteiger charge is 2.19. The summed E-state index contributed by atoms with van der Waals surface area (Å²) >= 11 is 0. The van der Waals surface area contributed by atoms with E-state index in [1.54, 1.807) is 0 Å². The molecule has 0 saturated carbocycles. The molecule has 3 aromatic heterocycles. The smallest absolute Gasteiger partial charge is 0.0857 e. The van der Waals surface area contributed by atoms with Gasteiger partial charge >= 0.3 is 0 Å². The van der Waals surface area contributed by atoms with Crippen LogP contribution in [0.5, 0.6) is 0 Å². The second-order valence-electron chi connectivity index (χ2n) is 18.7. The highest BCUT2D eigenvalue weighted by atomic mass is 15.1. The van der Waals surface area contributed by atoms with Crippen molar-refractivity contribution in [1.82, 2.24) is 19.9 Å². The zero-order chi connectivity index (χ0) is 47.3. The predicted octanol–water partition coefficient (Wildman–Crippen LogP) is 19.0. The highest BCUT2D eigenvalue weighted by Crippen LogP contribution is 2.39. The minimum Gasteiger partial charge on any atom is -0.354 e. The molecule has 0 radical (unpaired) electrons. The van der Waals surface area contributed by atoms with Crippen LogP contribution in [0.3, 0.4) is 0 Å². The summed E-state index contributed by atoms with van der Waals surface area (Å²) in [7, 11) is 0. The molecular weight excluding hydrogens is 853 g/mol. The number of fused-ring (bicyclic) bond motifs is 8. The highest BCUT2D eigenvalue weighted by molar-refractivity contribution is 5.99. The van der Waals surface area contributed by atoms with E-state index in [2.05, 4.69) is 203 Å². The molecule has 6 heteroatoms. The van der Waals surface area contributed by atoms with Gasteiger partial charge in [0.15, 0.2) is 0 Å². The van der Waals surface area contributed by atoms with E-state index in [1.165, 1.54) is 82.6 Å². The van der Waals surface area contributed by atoms with Gasteiger partial charge in [-0.05, 0) is 113 Å². The lowest BCUT2D eigenvalue weighted by atomic mass is 10.0. The SMILES string of the molecule is CCCCCCCCCCCCCCc1ccc(N=Nc2ccc(-c3c4nc(c(-c5ccccc5)c5ccc([nH]5)c(-c5ccccc5)c5nc(c(-c6ccccc6)c6ccc3[nH]6)C=C5)C=C4)cc2)cc1. The van der Waals surface area contributed by atoms with E-state index >= 15 is 0 Å². The first-order valence-corrected chi connectivity index (χ1v) is 25.6. The van der Waals surface area contributed by atoms with E-state index in [0.29, 0.717) is 0 Å². The number of azo groups is 1. The molecule has 0 aliphatic carbocycles. The Morgan fingerprint density at radius 1 is 0.329 bits per heavy atom. The Morgan fingerprint density at radius 2 is 0.643 bits per heavy atom. The van der Waals surface area contributed by atoms with Crippen molar-refractivity contribution < 1.29 is 0 Å². The molecule has 0 spiro atoms. The van der Waals surface area contributed by atoms with E-state index in [9.17, 15) is 0 Å². The number of nitrogens with one attached hydrogen (secondary N) is 2. The number of aryl methyl sites for hydroxylation is 1. The molecule has 0 unspecified atom stereocenters.